The maximum Gasteiger partial charge on any atom is 0.253 e. The molecule has 0 saturated carbocycles. The van der Waals surface area contributed by atoms with Gasteiger partial charge < -0.3 is 9.88 Å². The van der Waals surface area contributed by atoms with Gasteiger partial charge in [0.05, 0.1) is 11.7 Å². The number of anilines is 1. The number of H-pyrrole nitrogens is 1. The molecular weight excluding hydrogens is 292 g/mol. The van der Waals surface area contributed by atoms with Gasteiger partial charge >= 0.3 is 0 Å². The molecule has 0 unspecified atom stereocenters. The lowest BCUT2D eigenvalue weighted by atomic mass is 9.96. The lowest BCUT2D eigenvalue weighted by molar-refractivity contribution is 0.350. The van der Waals surface area contributed by atoms with Crippen molar-refractivity contribution in [3.05, 3.63) is 47.5 Å². The SMILES string of the molecule is O=c1ccncn1CC1CCN(c2ncnc3[nH]ccc23)CC1. The molecule has 0 spiro atoms. The molecule has 0 bridgehead atoms. The largest absolute Gasteiger partial charge is 0.356 e. The second kappa shape index (κ2) is 5.83. The van der Waals surface area contributed by atoms with Crippen molar-refractivity contribution in [1.82, 2.24) is 24.5 Å². The Hall–Kier alpha value is -2.70. The summed E-state index contributed by atoms with van der Waals surface area (Å²) < 4.78 is 1.70. The molecule has 1 aliphatic rings. The predicted octanol–water partition coefficient (Wildman–Crippen LogP) is 1.43. The Morgan fingerprint density at radius 2 is 2.09 bits per heavy atom. The summed E-state index contributed by atoms with van der Waals surface area (Å²) in [6.07, 6.45) is 8.75. The third kappa shape index (κ3) is 2.69. The van der Waals surface area contributed by atoms with Gasteiger partial charge in [-0.1, -0.05) is 0 Å². The molecule has 1 fully saturated rings. The molecule has 1 saturated heterocycles. The average Bonchev–Trinajstić information content (AvgIpc) is 3.06. The van der Waals surface area contributed by atoms with E-state index in [1.54, 1.807) is 23.4 Å². The maximum absolute atomic E-state index is 11.8. The molecule has 4 rings (SSSR count). The van der Waals surface area contributed by atoms with Gasteiger partial charge in [-0.3, -0.25) is 9.36 Å². The first-order chi connectivity index (χ1) is 11.3. The molecule has 1 aliphatic heterocycles. The van der Waals surface area contributed by atoms with Crippen LogP contribution in [0.15, 0.2) is 42.0 Å². The van der Waals surface area contributed by atoms with Crippen molar-refractivity contribution in [1.29, 1.82) is 0 Å². The standard InChI is InChI=1S/C16H18N6O/c23-14-2-5-17-11-22(14)9-12-3-7-21(8-4-12)16-13-1-6-18-15(13)19-10-20-16/h1-2,5-6,10-12H,3-4,7-9H2,(H,18,19,20). The highest BCUT2D eigenvalue weighted by Crippen LogP contribution is 2.27. The Morgan fingerprint density at radius 1 is 1.22 bits per heavy atom. The predicted molar refractivity (Wildman–Crippen MR) is 87.3 cm³/mol. The molecular formula is C16H18N6O. The molecule has 118 valence electrons. The average molecular weight is 310 g/mol. The molecule has 1 N–H and O–H groups in total. The summed E-state index contributed by atoms with van der Waals surface area (Å²) >= 11 is 0. The van der Waals surface area contributed by atoms with Crippen molar-refractivity contribution >= 4 is 16.9 Å². The van der Waals surface area contributed by atoms with E-state index in [-0.39, 0.29) is 5.56 Å². The number of hydrogen-bond donors (Lipinski definition) is 1. The van der Waals surface area contributed by atoms with Crippen molar-refractivity contribution in [3.8, 4) is 0 Å². The number of nitrogens with one attached hydrogen (secondary N) is 1. The lowest BCUT2D eigenvalue weighted by Crippen LogP contribution is -2.36. The van der Waals surface area contributed by atoms with Crippen LogP contribution in [0.1, 0.15) is 12.8 Å². The number of nitrogens with zero attached hydrogens (tertiary/aromatic N) is 5. The molecule has 0 radical (unpaired) electrons. The number of aromatic nitrogens is 5. The molecule has 3 aromatic rings. The van der Waals surface area contributed by atoms with Gasteiger partial charge in [-0.05, 0) is 24.8 Å². The van der Waals surface area contributed by atoms with Crippen molar-refractivity contribution in [2.24, 2.45) is 5.92 Å². The Labute approximate surface area is 133 Å². The second-order valence-electron chi connectivity index (χ2n) is 5.94. The molecule has 0 aromatic carbocycles. The van der Waals surface area contributed by atoms with Gasteiger partial charge in [-0.25, -0.2) is 15.0 Å². The zero-order chi connectivity index (χ0) is 15.6. The summed E-state index contributed by atoms with van der Waals surface area (Å²) in [6.45, 7) is 2.62. The smallest absolute Gasteiger partial charge is 0.253 e. The summed E-state index contributed by atoms with van der Waals surface area (Å²) in [4.78, 5) is 29.9. The zero-order valence-electron chi connectivity index (χ0n) is 12.7. The Bertz CT molecular complexity index is 862. The number of aromatic amines is 1. The van der Waals surface area contributed by atoms with Crippen LogP contribution in [-0.2, 0) is 6.54 Å². The van der Waals surface area contributed by atoms with Crippen LogP contribution >= 0.6 is 0 Å². The first-order valence-corrected chi connectivity index (χ1v) is 7.85. The van der Waals surface area contributed by atoms with Crippen molar-refractivity contribution in [3.63, 3.8) is 0 Å². The molecule has 4 heterocycles. The van der Waals surface area contributed by atoms with Crippen LogP contribution < -0.4 is 10.5 Å². The highest BCUT2D eigenvalue weighted by Gasteiger charge is 2.22. The summed E-state index contributed by atoms with van der Waals surface area (Å²) in [6, 6.07) is 3.53. The topological polar surface area (TPSA) is 79.7 Å². The monoisotopic (exact) mass is 310 g/mol. The molecule has 0 atom stereocenters. The summed E-state index contributed by atoms with van der Waals surface area (Å²) in [7, 11) is 0. The summed E-state index contributed by atoms with van der Waals surface area (Å²) in [5, 5.41) is 1.06. The van der Waals surface area contributed by atoms with Crippen LogP contribution in [0, 0.1) is 5.92 Å². The fraction of sp³-hybridized carbons (Fsp3) is 0.375. The Morgan fingerprint density at radius 3 is 2.91 bits per heavy atom. The fourth-order valence-electron chi connectivity index (χ4n) is 3.23. The van der Waals surface area contributed by atoms with E-state index in [9.17, 15) is 4.79 Å². The van der Waals surface area contributed by atoms with Crippen LogP contribution in [0.2, 0.25) is 0 Å². The highest BCUT2D eigenvalue weighted by atomic mass is 16.1. The van der Waals surface area contributed by atoms with Gasteiger partial charge in [-0.2, -0.15) is 0 Å². The van der Waals surface area contributed by atoms with Gasteiger partial charge in [0.15, 0.2) is 0 Å². The van der Waals surface area contributed by atoms with Crippen LogP contribution in [0.25, 0.3) is 11.0 Å². The van der Waals surface area contributed by atoms with Crippen LogP contribution in [0.4, 0.5) is 5.82 Å². The summed E-state index contributed by atoms with van der Waals surface area (Å²) in [5.74, 6) is 1.49. The first-order valence-electron chi connectivity index (χ1n) is 7.85. The molecule has 7 nitrogen and oxygen atoms in total. The van der Waals surface area contributed by atoms with Crippen LogP contribution in [0.5, 0.6) is 0 Å². The number of piperidine rings is 1. The third-order valence-corrected chi connectivity index (χ3v) is 4.49. The van der Waals surface area contributed by atoms with Gasteiger partial charge in [-0.15, -0.1) is 0 Å². The lowest BCUT2D eigenvalue weighted by Gasteiger charge is -2.33. The number of fused-ring (bicyclic) bond motifs is 1. The van der Waals surface area contributed by atoms with E-state index < -0.39 is 0 Å². The van der Waals surface area contributed by atoms with Gasteiger partial charge in [0.25, 0.3) is 5.56 Å². The van der Waals surface area contributed by atoms with E-state index in [0.717, 1.165) is 49.3 Å². The van der Waals surface area contributed by atoms with E-state index in [2.05, 4.69) is 24.8 Å². The van der Waals surface area contributed by atoms with Crippen molar-refractivity contribution in [2.75, 3.05) is 18.0 Å². The van der Waals surface area contributed by atoms with Crippen molar-refractivity contribution in [2.45, 2.75) is 19.4 Å². The van der Waals surface area contributed by atoms with E-state index in [1.807, 2.05) is 12.3 Å². The zero-order valence-corrected chi connectivity index (χ0v) is 12.7. The normalized spacial score (nSPS) is 16.1. The fourth-order valence-corrected chi connectivity index (χ4v) is 3.23. The van der Waals surface area contributed by atoms with Crippen molar-refractivity contribution < 1.29 is 0 Å². The van der Waals surface area contributed by atoms with E-state index in [1.165, 1.54) is 6.07 Å². The Kier molecular flexibility index (Phi) is 3.53. The highest BCUT2D eigenvalue weighted by molar-refractivity contribution is 5.87. The molecule has 0 amide bonds. The minimum atomic E-state index is 0.0206. The minimum Gasteiger partial charge on any atom is -0.356 e. The van der Waals surface area contributed by atoms with E-state index in [0.29, 0.717) is 5.92 Å². The van der Waals surface area contributed by atoms with Gasteiger partial charge in [0.2, 0.25) is 0 Å². The molecule has 3 aromatic heterocycles. The first kappa shape index (κ1) is 13.9. The minimum absolute atomic E-state index is 0.0206. The molecule has 23 heavy (non-hydrogen) atoms. The summed E-state index contributed by atoms with van der Waals surface area (Å²) in [5.41, 5.74) is 0.895. The van der Waals surface area contributed by atoms with Crippen LogP contribution in [-0.4, -0.2) is 37.6 Å². The maximum atomic E-state index is 11.8. The third-order valence-electron chi connectivity index (χ3n) is 4.49. The van der Waals surface area contributed by atoms with Crippen LogP contribution in [0.3, 0.4) is 0 Å². The van der Waals surface area contributed by atoms with Gasteiger partial charge in [0.1, 0.15) is 17.8 Å². The van der Waals surface area contributed by atoms with E-state index >= 15 is 0 Å². The quantitative estimate of drug-likeness (QED) is 0.791. The van der Waals surface area contributed by atoms with E-state index in [4.69, 9.17) is 0 Å². The number of rotatable bonds is 3. The van der Waals surface area contributed by atoms with Gasteiger partial charge in [0, 0.05) is 38.1 Å². The second-order valence-corrected chi connectivity index (χ2v) is 5.94. The number of hydrogen-bond acceptors (Lipinski definition) is 5. The molecule has 7 heteroatoms. The molecule has 0 aliphatic carbocycles. The Balaban J connectivity index is 1.46.